The summed E-state index contributed by atoms with van der Waals surface area (Å²) in [5.41, 5.74) is 2.45. The van der Waals surface area contributed by atoms with Gasteiger partial charge in [-0.05, 0) is 55.8 Å². The van der Waals surface area contributed by atoms with Crippen molar-refractivity contribution in [1.29, 1.82) is 0 Å². The zero-order valence-corrected chi connectivity index (χ0v) is 18.6. The molecule has 1 fully saturated rings. The number of rotatable bonds is 8. The van der Waals surface area contributed by atoms with Crippen molar-refractivity contribution in [3.63, 3.8) is 0 Å². The predicted octanol–water partition coefficient (Wildman–Crippen LogP) is 6.17. The van der Waals surface area contributed by atoms with E-state index in [0.717, 1.165) is 46.0 Å². The Bertz CT molecular complexity index is 752. The summed E-state index contributed by atoms with van der Waals surface area (Å²) < 4.78 is 1.00. The van der Waals surface area contributed by atoms with Crippen LogP contribution >= 0.6 is 23.2 Å². The van der Waals surface area contributed by atoms with Gasteiger partial charge in [0.25, 0.3) is 0 Å². The lowest BCUT2D eigenvalue weighted by molar-refractivity contribution is -0.907. The van der Waals surface area contributed by atoms with Crippen LogP contribution in [0.3, 0.4) is 0 Å². The molecule has 0 aromatic heterocycles. The average molecular weight is 420 g/mol. The highest BCUT2D eigenvalue weighted by Crippen LogP contribution is 2.31. The number of nitrogens with zero attached hydrogens (tertiary/aromatic N) is 1. The molecule has 152 valence electrons. The second-order valence-electron chi connectivity index (χ2n) is 8.98. The molecule has 0 saturated heterocycles. The molecule has 3 rings (SSSR count). The topological polar surface area (TPSA) is 12.0 Å². The molecule has 2 nitrogen and oxygen atoms in total. The van der Waals surface area contributed by atoms with Crippen LogP contribution < -0.4 is 5.32 Å². The molecule has 1 N–H and O–H groups in total. The third-order valence-electron chi connectivity index (χ3n) is 5.98. The Hall–Kier alpha value is -1.06. The summed E-state index contributed by atoms with van der Waals surface area (Å²) in [5.74, 6) is 1.61. The summed E-state index contributed by atoms with van der Waals surface area (Å²) in [4.78, 5) is 0. The highest BCUT2D eigenvalue weighted by Gasteiger charge is 2.27. The van der Waals surface area contributed by atoms with Gasteiger partial charge in [-0.25, -0.2) is 0 Å². The Morgan fingerprint density at radius 3 is 1.96 bits per heavy atom. The molecule has 28 heavy (non-hydrogen) atoms. The van der Waals surface area contributed by atoms with Crippen molar-refractivity contribution >= 4 is 23.2 Å². The minimum Gasteiger partial charge on any atom is -0.324 e. The first-order valence-corrected chi connectivity index (χ1v) is 11.2. The molecule has 0 amide bonds. The summed E-state index contributed by atoms with van der Waals surface area (Å²) in [6.45, 7) is 4.18. The van der Waals surface area contributed by atoms with Gasteiger partial charge >= 0.3 is 0 Å². The molecule has 0 spiro atoms. The Morgan fingerprint density at radius 2 is 1.36 bits per heavy atom. The Morgan fingerprint density at radius 1 is 0.821 bits per heavy atom. The van der Waals surface area contributed by atoms with Crippen molar-refractivity contribution < 1.29 is 4.48 Å². The van der Waals surface area contributed by atoms with Crippen molar-refractivity contribution in [3.05, 3.63) is 69.7 Å². The smallest absolute Gasteiger partial charge is 0.105 e. The lowest BCUT2D eigenvalue weighted by Gasteiger charge is -2.37. The maximum absolute atomic E-state index is 6.37. The number of benzene rings is 2. The Labute approximate surface area is 180 Å². The minimum atomic E-state index is 0.790. The van der Waals surface area contributed by atoms with E-state index in [-0.39, 0.29) is 0 Å². The van der Waals surface area contributed by atoms with E-state index in [9.17, 15) is 0 Å². The fraction of sp³-hybridized carbons (Fsp3) is 0.500. The van der Waals surface area contributed by atoms with Gasteiger partial charge in [0, 0.05) is 28.1 Å². The monoisotopic (exact) mass is 419 g/mol. The molecule has 0 unspecified atom stereocenters. The molecule has 2 aromatic carbocycles. The van der Waals surface area contributed by atoms with Gasteiger partial charge in [0.05, 0.1) is 20.6 Å². The predicted molar refractivity (Wildman–Crippen MR) is 121 cm³/mol. The van der Waals surface area contributed by atoms with Crippen LogP contribution in [0.4, 0.5) is 0 Å². The molecule has 0 bridgehead atoms. The van der Waals surface area contributed by atoms with E-state index in [1.807, 2.05) is 24.3 Å². The van der Waals surface area contributed by atoms with Crippen LogP contribution in [-0.4, -0.2) is 31.7 Å². The molecule has 1 aliphatic carbocycles. The van der Waals surface area contributed by atoms with E-state index in [2.05, 4.69) is 43.7 Å². The zero-order chi connectivity index (χ0) is 20.0. The summed E-state index contributed by atoms with van der Waals surface area (Å²) in [5, 5.41) is 5.36. The van der Waals surface area contributed by atoms with Crippen LogP contribution in [0.15, 0.2) is 48.5 Å². The third-order valence-corrected chi connectivity index (χ3v) is 6.72. The minimum absolute atomic E-state index is 0.790. The molecule has 0 aliphatic heterocycles. The quantitative estimate of drug-likeness (QED) is 0.504. The second kappa shape index (κ2) is 10.1. The molecule has 1 aliphatic rings. The highest BCUT2D eigenvalue weighted by molar-refractivity contribution is 6.31. The molecule has 0 atom stereocenters. The lowest BCUT2D eigenvalue weighted by atomic mass is 9.81. The summed E-state index contributed by atoms with van der Waals surface area (Å²) >= 11 is 12.6. The summed E-state index contributed by atoms with van der Waals surface area (Å²) in [7, 11) is 4.67. The SMILES string of the molecule is C[N+](C)(Cc1ccccc1Cl)CC1CCC(CNCc2ccccc2Cl)CC1. The van der Waals surface area contributed by atoms with Crippen molar-refractivity contribution in [3.8, 4) is 0 Å². The maximum Gasteiger partial charge on any atom is 0.105 e. The molecule has 2 aromatic rings. The highest BCUT2D eigenvalue weighted by atomic mass is 35.5. The molecule has 4 heteroatoms. The van der Waals surface area contributed by atoms with Gasteiger partial charge in [-0.2, -0.15) is 0 Å². The van der Waals surface area contributed by atoms with E-state index in [0.29, 0.717) is 0 Å². The molecular formula is C24H33Cl2N2+. The number of quaternary nitrogens is 1. The largest absolute Gasteiger partial charge is 0.324 e. The first kappa shape index (κ1) is 21.6. The van der Waals surface area contributed by atoms with Gasteiger partial charge in [-0.3, -0.25) is 0 Å². The van der Waals surface area contributed by atoms with Crippen LogP contribution in [0.1, 0.15) is 36.8 Å². The van der Waals surface area contributed by atoms with Gasteiger partial charge in [-0.1, -0.05) is 59.6 Å². The van der Waals surface area contributed by atoms with E-state index >= 15 is 0 Å². The molecule has 0 radical (unpaired) electrons. The van der Waals surface area contributed by atoms with Crippen molar-refractivity contribution in [1.82, 2.24) is 5.32 Å². The van der Waals surface area contributed by atoms with E-state index < -0.39 is 0 Å². The molecule has 1 saturated carbocycles. The number of hydrogen-bond donors (Lipinski definition) is 1. The second-order valence-corrected chi connectivity index (χ2v) is 9.79. The Kier molecular flexibility index (Phi) is 7.82. The van der Waals surface area contributed by atoms with Gasteiger partial charge in [0.15, 0.2) is 0 Å². The lowest BCUT2D eigenvalue weighted by Crippen LogP contribution is -2.43. The number of hydrogen-bond acceptors (Lipinski definition) is 1. The van der Waals surface area contributed by atoms with E-state index in [4.69, 9.17) is 23.2 Å². The summed E-state index contributed by atoms with van der Waals surface area (Å²) in [6.07, 6.45) is 5.32. The van der Waals surface area contributed by atoms with Crippen LogP contribution in [0.5, 0.6) is 0 Å². The van der Waals surface area contributed by atoms with Crippen LogP contribution in [0.25, 0.3) is 0 Å². The van der Waals surface area contributed by atoms with Gasteiger partial charge in [0.1, 0.15) is 6.54 Å². The summed E-state index contributed by atoms with van der Waals surface area (Å²) in [6, 6.07) is 16.4. The first-order valence-electron chi connectivity index (χ1n) is 10.4. The van der Waals surface area contributed by atoms with Gasteiger partial charge in [0.2, 0.25) is 0 Å². The van der Waals surface area contributed by atoms with E-state index in [1.54, 1.807) is 0 Å². The van der Waals surface area contributed by atoms with Gasteiger partial charge < -0.3 is 9.80 Å². The fourth-order valence-electron chi connectivity index (χ4n) is 4.52. The fourth-order valence-corrected chi connectivity index (χ4v) is 4.92. The number of halogens is 2. The average Bonchev–Trinajstić information content (AvgIpc) is 2.66. The third kappa shape index (κ3) is 6.49. The van der Waals surface area contributed by atoms with Crippen LogP contribution in [-0.2, 0) is 13.1 Å². The van der Waals surface area contributed by atoms with Crippen LogP contribution in [0, 0.1) is 11.8 Å². The standard InChI is InChI=1S/C24H33Cl2N2/c1-28(2,18-22-8-4-6-10-24(22)26)17-20-13-11-19(12-14-20)15-27-16-21-7-3-5-9-23(21)25/h3-10,19-20,27H,11-18H2,1-2H3/q+1. The van der Waals surface area contributed by atoms with E-state index in [1.165, 1.54) is 43.4 Å². The van der Waals surface area contributed by atoms with Crippen molar-refractivity contribution in [2.75, 3.05) is 27.2 Å². The molecular weight excluding hydrogens is 387 g/mol. The normalized spacial score (nSPS) is 20.3. The van der Waals surface area contributed by atoms with Crippen molar-refractivity contribution in [2.45, 2.75) is 38.8 Å². The van der Waals surface area contributed by atoms with Crippen LogP contribution in [0.2, 0.25) is 10.0 Å². The maximum atomic E-state index is 6.37. The van der Waals surface area contributed by atoms with Crippen molar-refractivity contribution in [2.24, 2.45) is 11.8 Å². The zero-order valence-electron chi connectivity index (χ0n) is 17.1. The molecule has 0 heterocycles. The number of nitrogens with one attached hydrogen (secondary N) is 1. The van der Waals surface area contributed by atoms with Gasteiger partial charge in [-0.15, -0.1) is 0 Å². The first-order chi connectivity index (χ1) is 13.4. The Balaban J connectivity index is 1.40.